The number of aromatic nitrogens is 1. The molecule has 2 aromatic carbocycles. The molecular weight excluding hydrogens is 429 g/mol. The summed E-state index contributed by atoms with van der Waals surface area (Å²) in [5.74, 6) is -0.419. The lowest BCUT2D eigenvalue weighted by Gasteiger charge is -2.27. The number of sulfonamides is 1. The SMILES string of the molecule is CC(C)N(C)S(=O)(=O)c1ccc(C(=O)N2CC=C(c3c[nH]c4cc(F)ccc34)CC2)cc1. The number of hydrogen-bond acceptors (Lipinski definition) is 3. The summed E-state index contributed by atoms with van der Waals surface area (Å²) in [6.45, 7) is 4.62. The molecule has 1 N–H and O–H groups in total. The third-order valence-electron chi connectivity index (χ3n) is 5.99. The highest BCUT2D eigenvalue weighted by Gasteiger charge is 2.25. The molecule has 4 rings (SSSR count). The average molecular weight is 456 g/mol. The van der Waals surface area contributed by atoms with Crippen LogP contribution in [0, 0.1) is 5.82 Å². The second-order valence-corrected chi connectivity index (χ2v) is 10.3. The van der Waals surface area contributed by atoms with Crippen molar-refractivity contribution in [3.8, 4) is 0 Å². The van der Waals surface area contributed by atoms with E-state index in [0.717, 1.165) is 22.0 Å². The number of rotatable bonds is 5. The second-order valence-electron chi connectivity index (χ2n) is 8.26. The van der Waals surface area contributed by atoms with E-state index in [1.54, 1.807) is 30.1 Å². The van der Waals surface area contributed by atoms with Crippen molar-refractivity contribution in [1.29, 1.82) is 0 Å². The highest BCUT2D eigenvalue weighted by molar-refractivity contribution is 7.89. The van der Waals surface area contributed by atoms with Crippen molar-refractivity contribution in [2.24, 2.45) is 0 Å². The van der Waals surface area contributed by atoms with E-state index in [9.17, 15) is 17.6 Å². The van der Waals surface area contributed by atoms with Crippen LogP contribution in [0.3, 0.4) is 0 Å². The molecule has 1 aliphatic rings. The third-order valence-corrected chi connectivity index (χ3v) is 8.04. The molecule has 0 bridgehead atoms. The number of H-pyrrole nitrogens is 1. The van der Waals surface area contributed by atoms with Crippen LogP contribution in [0.1, 0.15) is 36.2 Å². The van der Waals surface area contributed by atoms with E-state index in [2.05, 4.69) is 4.98 Å². The van der Waals surface area contributed by atoms with Gasteiger partial charge in [0.05, 0.1) is 4.90 Å². The Morgan fingerprint density at radius 1 is 1.16 bits per heavy atom. The van der Waals surface area contributed by atoms with Crippen LogP contribution in [0.5, 0.6) is 0 Å². The fraction of sp³-hybridized carbons (Fsp3) is 0.292. The standard InChI is InChI=1S/C24H26FN3O3S/c1-16(2)27(3)32(30,31)20-7-4-18(5-8-20)24(29)28-12-10-17(11-13-28)22-15-26-23-14-19(25)6-9-21(22)23/h4-10,14-16,26H,11-13H2,1-3H3. The first kappa shape index (κ1) is 22.2. The Hall–Kier alpha value is -2.97. The summed E-state index contributed by atoms with van der Waals surface area (Å²) >= 11 is 0. The monoisotopic (exact) mass is 455 g/mol. The molecule has 0 fully saturated rings. The number of nitrogens with zero attached hydrogens (tertiary/aromatic N) is 2. The van der Waals surface area contributed by atoms with Crippen molar-refractivity contribution >= 4 is 32.4 Å². The summed E-state index contributed by atoms with van der Waals surface area (Å²) in [5.41, 5.74) is 3.34. The van der Waals surface area contributed by atoms with Gasteiger partial charge in [0.15, 0.2) is 0 Å². The molecule has 1 aromatic heterocycles. The van der Waals surface area contributed by atoms with Crippen LogP contribution in [0.2, 0.25) is 0 Å². The van der Waals surface area contributed by atoms with Gasteiger partial charge in [0.25, 0.3) is 5.91 Å². The van der Waals surface area contributed by atoms with E-state index < -0.39 is 10.0 Å². The maximum Gasteiger partial charge on any atom is 0.254 e. The first-order chi connectivity index (χ1) is 15.2. The summed E-state index contributed by atoms with van der Waals surface area (Å²) < 4.78 is 40.0. The van der Waals surface area contributed by atoms with Gasteiger partial charge in [0, 0.05) is 54.4 Å². The number of halogens is 1. The van der Waals surface area contributed by atoms with Crippen molar-refractivity contribution in [2.45, 2.75) is 31.2 Å². The summed E-state index contributed by atoms with van der Waals surface area (Å²) in [6, 6.07) is 10.6. The Bertz CT molecular complexity index is 1290. The molecule has 8 heteroatoms. The second kappa shape index (κ2) is 8.52. The number of hydrogen-bond donors (Lipinski definition) is 1. The molecular formula is C24H26FN3O3S. The van der Waals surface area contributed by atoms with Gasteiger partial charge in [-0.2, -0.15) is 4.31 Å². The normalized spacial score (nSPS) is 14.9. The predicted molar refractivity (Wildman–Crippen MR) is 123 cm³/mol. The molecule has 0 radical (unpaired) electrons. The molecule has 0 unspecified atom stereocenters. The minimum absolute atomic E-state index is 0.137. The molecule has 3 aromatic rings. The van der Waals surface area contributed by atoms with Gasteiger partial charge in [0.1, 0.15) is 5.82 Å². The Kier molecular flexibility index (Phi) is 5.92. The van der Waals surface area contributed by atoms with Crippen molar-refractivity contribution in [1.82, 2.24) is 14.2 Å². The molecule has 168 valence electrons. The minimum atomic E-state index is -3.59. The van der Waals surface area contributed by atoms with Crippen LogP contribution in [0.15, 0.2) is 59.6 Å². The van der Waals surface area contributed by atoms with Gasteiger partial charge in [-0.1, -0.05) is 6.08 Å². The lowest BCUT2D eigenvalue weighted by Crippen LogP contribution is -2.35. The quantitative estimate of drug-likeness (QED) is 0.625. The zero-order chi connectivity index (χ0) is 23.0. The number of carbonyl (C=O) groups excluding carboxylic acids is 1. The lowest BCUT2D eigenvalue weighted by molar-refractivity contribution is 0.0773. The maximum absolute atomic E-state index is 13.4. The number of amides is 1. The molecule has 0 atom stereocenters. The first-order valence-electron chi connectivity index (χ1n) is 10.5. The molecule has 6 nitrogen and oxygen atoms in total. The molecule has 2 heterocycles. The Morgan fingerprint density at radius 2 is 1.88 bits per heavy atom. The molecule has 0 spiro atoms. The summed E-state index contributed by atoms with van der Waals surface area (Å²) in [7, 11) is -2.04. The van der Waals surface area contributed by atoms with E-state index in [1.165, 1.54) is 28.6 Å². The van der Waals surface area contributed by atoms with Crippen LogP contribution in [0.25, 0.3) is 16.5 Å². The van der Waals surface area contributed by atoms with Crippen molar-refractivity contribution in [3.63, 3.8) is 0 Å². The highest BCUT2D eigenvalue weighted by Crippen LogP contribution is 2.30. The van der Waals surface area contributed by atoms with Crippen molar-refractivity contribution in [2.75, 3.05) is 20.1 Å². The van der Waals surface area contributed by atoms with Crippen LogP contribution >= 0.6 is 0 Å². The number of nitrogens with one attached hydrogen (secondary N) is 1. The van der Waals surface area contributed by atoms with Crippen molar-refractivity contribution < 1.29 is 17.6 Å². The van der Waals surface area contributed by atoms with Crippen LogP contribution < -0.4 is 0 Å². The Labute approximate surface area is 187 Å². The van der Waals surface area contributed by atoms with E-state index in [-0.39, 0.29) is 22.7 Å². The molecule has 0 aliphatic carbocycles. The van der Waals surface area contributed by atoms with Gasteiger partial charge in [-0.15, -0.1) is 0 Å². The summed E-state index contributed by atoms with van der Waals surface area (Å²) in [4.78, 5) is 17.9. The highest BCUT2D eigenvalue weighted by atomic mass is 32.2. The summed E-state index contributed by atoms with van der Waals surface area (Å²) in [6.07, 6.45) is 4.58. The van der Waals surface area contributed by atoms with Crippen LogP contribution in [-0.4, -0.2) is 54.7 Å². The molecule has 0 saturated carbocycles. The largest absolute Gasteiger partial charge is 0.360 e. The number of carbonyl (C=O) groups is 1. The van der Waals surface area contributed by atoms with Crippen LogP contribution in [0.4, 0.5) is 4.39 Å². The number of benzene rings is 2. The zero-order valence-electron chi connectivity index (χ0n) is 18.3. The van der Waals surface area contributed by atoms with Gasteiger partial charge in [0.2, 0.25) is 10.0 Å². The molecule has 0 saturated heterocycles. The van der Waals surface area contributed by atoms with Crippen molar-refractivity contribution in [3.05, 3.63) is 71.7 Å². The topological polar surface area (TPSA) is 73.5 Å². The summed E-state index contributed by atoms with van der Waals surface area (Å²) in [5, 5.41) is 0.959. The van der Waals surface area contributed by atoms with E-state index >= 15 is 0 Å². The smallest absolute Gasteiger partial charge is 0.254 e. The average Bonchev–Trinajstić information content (AvgIpc) is 3.21. The Balaban J connectivity index is 1.49. The van der Waals surface area contributed by atoms with Gasteiger partial charge in [-0.3, -0.25) is 4.79 Å². The van der Waals surface area contributed by atoms with Gasteiger partial charge in [-0.25, -0.2) is 12.8 Å². The first-order valence-corrected chi connectivity index (χ1v) is 12.0. The molecule has 1 aliphatic heterocycles. The van der Waals surface area contributed by atoms with Crippen LogP contribution in [-0.2, 0) is 10.0 Å². The lowest BCUT2D eigenvalue weighted by atomic mass is 9.98. The number of aromatic amines is 1. The third kappa shape index (κ3) is 4.08. The Morgan fingerprint density at radius 3 is 2.50 bits per heavy atom. The predicted octanol–water partition coefficient (Wildman–Crippen LogP) is 4.27. The van der Waals surface area contributed by atoms with Gasteiger partial charge >= 0.3 is 0 Å². The zero-order valence-corrected chi connectivity index (χ0v) is 19.1. The van der Waals surface area contributed by atoms with Gasteiger partial charge < -0.3 is 9.88 Å². The fourth-order valence-corrected chi connectivity index (χ4v) is 5.23. The minimum Gasteiger partial charge on any atom is -0.360 e. The number of fused-ring (bicyclic) bond motifs is 1. The molecule has 32 heavy (non-hydrogen) atoms. The van der Waals surface area contributed by atoms with Gasteiger partial charge in [-0.05, 0) is 68.3 Å². The fourth-order valence-electron chi connectivity index (χ4n) is 3.86. The van der Waals surface area contributed by atoms with E-state index in [0.29, 0.717) is 25.1 Å². The molecule has 1 amide bonds. The van der Waals surface area contributed by atoms with E-state index in [4.69, 9.17) is 0 Å². The maximum atomic E-state index is 13.4. The van der Waals surface area contributed by atoms with E-state index in [1.807, 2.05) is 26.1 Å².